The van der Waals surface area contributed by atoms with E-state index < -0.39 is 0 Å². The zero-order chi connectivity index (χ0) is 13.8. The lowest BCUT2D eigenvalue weighted by Crippen LogP contribution is -2.27. The van der Waals surface area contributed by atoms with Crippen molar-refractivity contribution in [2.24, 2.45) is 0 Å². The Kier molecular flexibility index (Phi) is 4.45. The van der Waals surface area contributed by atoms with Gasteiger partial charge in [-0.05, 0) is 36.8 Å². The van der Waals surface area contributed by atoms with E-state index in [9.17, 15) is 4.79 Å². The van der Waals surface area contributed by atoms with Gasteiger partial charge in [-0.15, -0.1) is 11.3 Å². The molecular formula is C14H15ClN2OS. The number of nitrogens with one attached hydrogen (secondary N) is 1. The highest BCUT2D eigenvalue weighted by Crippen LogP contribution is 2.26. The van der Waals surface area contributed by atoms with E-state index in [0.29, 0.717) is 12.1 Å². The molecule has 0 saturated heterocycles. The number of carbonyl (C=O) groups is 1. The van der Waals surface area contributed by atoms with E-state index in [1.165, 1.54) is 11.3 Å². The van der Waals surface area contributed by atoms with E-state index in [0.717, 1.165) is 14.8 Å². The summed E-state index contributed by atoms with van der Waals surface area (Å²) in [5.74, 6) is -0.0253. The summed E-state index contributed by atoms with van der Waals surface area (Å²) in [7, 11) is 0. The summed E-state index contributed by atoms with van der Waals surface area (Å²) in [4.78, 5) is 13.0. The van der Waals surface area contributed by atoms with Gasteiger partial charge in [-0.25, -0.2) is 0 Å². The molecule has 3 nitrogen and oxygen atoms in total. The summed E-state index contributed by atoms with van der Waals surface area (Å²) in [6.07, 6.45) is 0.328. The molecule has 5 heteroatoms. The standard InChI is InChI=1S/C14H15ClN2OS/c1-9(12-5-6-13(15)19-12)17-14(18)8-10-3-2-4-11(16)7-10/h2-7,9H,8,16H2,1H3,(H,17,18). The van der Waals surface area contributed by atoms with Gasteiger partial charge in [0.1, 0.15) is 0 Å². The van der Waals surface area contributed by atoms with Crippen molar-refractivity contribution in [1.29, 1.82) is 0 Å². The van der Waals surface area contributed by atoms with Crippen LogP contribution in [0.4, 0.5) is 5.69 Å². The molecule has 0 saturated carbocycles. The lowest BCUT2D eigenvalue weighted by Gasteiger charge is -2.12. The molecule has 1 heterocycles. The highest BCUT2D eigenvalue weighted by molar-refractivity contribution is 7.16. The maximum Gasteiger partial charge on any atom is 0.224 e. The van der Waals surface area contributed by atoms with Crippen molar-refractivity contribution in [2.75, 3.05) is 5.73 Å². The first-order valence-corrected chi connectivity index (χ1v) is 7.13. The lowest BCUT2D eigenvalue weighted by molar-refractivity contribution is -0.121. The molecule has 0 aliphatic carbocycles. The molecule has 0 aliphatic heterocycles. The molecule has 0 bridgehead atoms. The number of carbonyl (C=O) groups excluding carboxylic acids is 1. The Labute approximate surface area is 121 Å². The monoisotopic (exact) mass is 294 g/mol. The Bertz CT molecular complexity index is 582. The predicted octanol–water partition coefficient (Wildman–Crippen LogP) is 3.40. The lowest BCUT2D eigenvalue weighted by atomic mass is 10.1. The second-order valence-corrected chi connectivity index (χ2v) is 6.10. The van der Waals surface area contributed by atoms with E-state index >= 15 is 0 Å². The largest absolute Gasteiger partial charge is 0.399 e. The number of anilines is 1. The number of nitrogens with two attached hydrogens (primary N) is 1. The molecule has 3 N–H and O–H groups in total. The van der Waals surface area contributed by atoms with Gasteiger partial charge in [0.25, 0.3) is 0 Å². The topological polar surface area (TPSA) is 55.1 Å². The second-order valence-electron chi connectivity index (χ2n) is 4.35. The van der Waals surface area contributed by atoms with Crippen LogP contribution in [0.1, 0.15) is 23.4 Å². The summed E-state index contributed by atoms with van der Waals surface area (Å²) in [5, 5.41) is 2.95. The molecule has 1 amide bonds. The van der Waals surface area contributed by atoms with Crippen LogP contribution in [0, 0.1) is 0 Å². The molecule has 1 unspecified atom stereocenters. The van der Waals surface area contributed by atoms with Gasteiger partial charge in [-0.3, -0.25) is 4.79 Å². The van der Waals surface area contributed by atoms with Gasteiger partial charge >= 0.3 is 0 Å². The quantitative estimate of drug-likeness (QED) is 0.849. The maximum absolute atomic E-state index is 11.9. The average Bonchev–Trinajstić information content (AvgIpc) is 2.75. The van der Waals surface area contributed by atoms with Crippen molar-refractivity contribution >= 4 is 34.5 Å². The van der Waals surface area contributed by atoms with Gasteiger partial charge in [0, 0.05) is 10.6 Å². The molecule has 2 rings (SSSR count). The van der Waals surface area contributed by atoms with E-state index in [1.807, 2.05) is 37.3 Å². The Morgan fingerprint density at radius 1 is 1.42 bits per heavy atom. The highest BCUT2D eigenvalue weighted by atomic mass is 35.5. The van der Waals surface area contributed by atoms with Gasteiger partial charge in [0.2, 0.25) is 5.91 Å². The molecular weight excluding hydrogens is 280 g/mol. The third-order valence-corrected chi connectivity index (χ3v) is 4.13. The Hall–Kier alpha value is -1.52. The van der Waals surface area contributed by atoms with Gasteiger partial charge in [-0.1, -0.05) is 23.7 Å². The number of hydrogen-bond acceptors (Lipinski definition) is 3. The van der Waals surface area contributed by atoms with Crippen molar-refractivity contribution in [2.45, 2.75) is 19.4 Å². The fourth-order valence-corrected chi connectivity index (χ4v) is 2.88. The fourth-order valence-electron chi connectivity index (χ4n) is 1.81. The third kappa shape index (κ3) is 3.98. The number of thiophene rings is 1. The van der Waals surface area contributed by atoms with E-state index in [1.54, 1.807) is 6.07 Å². The SMILES string of the molecule is CC(NC(=O)Cc1cccc(N)c1)c1ccc(Cl)s1. The fraction of sp³-hybridized carbons (Fsp3) is 0.214. The van der Waals surface area contributed by atoms with Crippen LogP contribution < -0.4 is 11.1 Å². The first-order chi connectivity index (χ1) is 9.04. The van der Waals surface area contributed by atoms with Crippen LogP contribution in [0.2, 0.25) is 4.34 Å². The van der Waals surface area contributed by atoms with Crippen LogP contribution in [0.5, 0.6) is 0 Å². The number of rotatable bonds is 4. The van der Waals surface area contributed by atoms with Crippen LogP contribution in [0.15, 0.2) is 36.4 Å². The second kappa shape index (κ2) is 6.08. The van der Waals surface area contributed by atoms with Crippen molar-refractivity contribution in [3.63, 3.8) is 0 Å². The molecule has 0 fully saturated rings. The average molecular weight is 295 g/mol. The van der Waals surface area contributed by atoms with Crippen LogP contribution in [-0.4, -0.2) is 5.91 Å². The predicted molar refractivity (Wildman–Crippen MR) is 80.4 cm³/mol. The van der Waals surface area contributed by atoms with E-state index in [2.05, 4.69) is 5.32 Å². The Balaban J connectivity index is 1.94. The molecule has 1 aromatic carbocycles. The highest BCUT2D eigenvalue weighted by Gasteiger charge is 2.12. The minimum atomic E-state index is -0.0361. The van der Waals surface area contributed by atoms with Crippen LogP contribution >= 0.6 is 22.9 Å². The van der Waals surface area contributed by atoms with E-state index in [-0.39, 0.29) is 11.9 Å². The van der Waals surface area contributed by atoms with Crippen LogP contribution in [-0.2, 0) is 11.2 Å². The van der Waals surface area contributed by atoms with E-state index in [4.69, 9.17) is 17.3 Å². The third-order valence-electron chi connectivity index (χ3n) is 2.71. The minimum absolute atomic E-state index is 0.0253. The number of nitrogen functional groups attached to an aromatic ring is 1. The van der Waals surface area contributed by atoms with Gasteiger partial charge in [-0.2, -0.15) is 0 Å². The molecule has 0 radical (unpaired) electrons. The molecule has 0 spiro atoms. The number of hydrogen-bond donors (Lipinski definition) is 2. The molecule has 2 aromatic rings. The Morgan fingerprint density at radius 3 is 2.84 bits per heavy atom. The van der Waals surface area contributed by atoms with Crippen molar-refractivity contribution in [3.05, 3.63) is 51.2 Å². The summed E-state index contributed by atoms with van der Waals surface area (Å²) >= 11 is 7.36. The van der Waals surface area contributed by atoms with Gasteiger partial charge in [0.15, 0.2) is 0 Å². The van der Waals surface area contributed by atoms with Gasteiger partial charge in [0.05, 0.1) is 16.8 Å². The molecule has 1 aromatic heterocycles. The van der Waals surface area contributed by atoms with Crippen LogP contribution in [0.3, 0.4) is 0 Å². The first-order valence-electron chi connectivity index (χ1n) is 5.93. The Morgan fingerprint density at radius 2 is 2.21 bits per heavy atom. The molecule has 0 aliphatic rings. The minimum Gasteiger partial charge on any atom is -0.399 e. The zero-order valence-corrected chi connectivity index (χ0v) is 12.1. The summed E-state index contributed by atoms with van der Waals surface area (Å²) in [6, 6.07) is 11.1. The van der Waals surface area contributed by atoms with Crippen molar-refractivity contribution in [1.82, 2.24) is 5.32 Å². The molecule has 100 valence electrons. The number of halogens is 1. The summed E-state index contributed by atoms with van der Waals surface area (Å²) in [6.45, 7) is 1.94. The summed E-state index contributed by atoms with van der Waals surface area (Å²) < 4.78 is 0.729. The number of benzene rings is 1. The van der Waals surface area contributed by atoms with Crippen molar-refractivity contribution in [3.8, 4) is 0 Å². The first kappa shape index (κ1) is 13.9. The summed E-state index contributed by atoms with van der Waals surface area (Å²) in [5.41, 5.74) is 7.27. The normalized spacial score (nSPS) is 12.1. The smallest absolute Gasteiger partial charge is 0.224 e. The number of amides is 1. The molecule has 19 heavy (non-hydrogen) atoms. The van der Waals surface area contributed by atoms with Gasteiger partial charge < -0.3 is 11.1 Å². The maximum atomic E-state index is 11.9. The van der Waals surface area contributed by atoms with Crippen LogP contribution in [0.25, 0.3) is 0 Å². The van der Waals surface area contributed by atoms with Crippen molar-refractivity contribution < 1.29 is 4.79 Å². The molecule has 1 atom stereocenters. The zero-order valence-electron chi connectivity index (χ0n) is 10.5.